The summed E-state index contributed by atoms with van der Waals surface area (Å²) in [4.78, 5) is 4.90. The lowest BCUT2D eigenvalue weighted by molar-refractivity contribution is 0.216. The highest BCUT2D eigenvalue weighted by Crippen LogP contribution is 2.24. The minimum atomic E-state index is 0.106. The van der Waals surface area contributed by atoms with Crippen molar-refractivity contribution < 1.29 is 0 Å². The van der Waals surface area contributed by atoms with Gasteiger partial charge in [-0.1, -0.05) is 34.1 Å². The van der Waals surface area contributed by atoms with Crippen LogP contribution in [0.5, 0.6) is 0 Å². The molecular formula is C16H26BrN3. The monoisotopic (exact) mass is 339 g/mol. The molecule has 1 fully saturated rings. The number of rotatable bonds is 6. The fourth-order valence-electron chi connectivity index (χ4n) is 2.95. The summed E-state index contributed by atoms with van der Waals surface area (Å²) in [5.41, 5.74) is 7.52. The largest absolute Gasteiger partial charge is 0.324 e. The highest BCUT2D eigenvalue weighted by atomic mass is 79.9. The number of hydrogen-bond donors (Lipinski definition) is 1. The van der Waals surface area contributed by atoms with E-state index in [-0.39, 0.29) is 6.04 Å². The zero-order valence-corrected chi connectivity index (χ0v) is 14.1. The number of hydrogen-bond acceptors (Lipinski definition) is 3. The van der Waals surface area contributed by atoms with Gasteiger partial charge < -0.3 is 15.5 Å². The van der Waals surface area contributed by atoms with E-state index in [1.165, 1.54) is 24.9 Å². The van der Waals surface area contributed by atoms with E-state index in [4.69, 9.17) is 5.73 Å². The van der Waals surface area contributed by atoms with Crippen molar-refractivity contribution in [3.63, 3.8) is 0 Å². The number of halogens is 1. The first-order valence-corrected chi connectivity index (χ1v) is 8.26. The molecule has 0 spiro atoms. The molecule has 0 saturated carbocycles. The Balaban J connectivity index is 1.78. The second-order valence-corrected chi connectivity index (χ2v) is 6.81. The average Bonchev–Trinajstić information content (AvgIpc) is 2.82. The summed E-state index contributed by atoms with van der Waals surface area (Å²) in [7, 11) is 4.44. The molecule has 3 nitrogen and oxygen atoms in total. The van der Waals surface area contributed by atoms with Crippen LogP contribution in [0.2, 0.25) is 0 Å². The Morgan fingerprint density at radius 3 is 2.85 bits per heavy atom. The Morgan fingerprint density at radius 1 is 1.45 bits per heavy atom. The lowest BCUT2D eigenvalue weighted by Crippen LogP contribution is -2.37. The smallest absolute Gasteiger partial charge is 0.0318 e. The van der Waals surface area contributed by atoms with E-state index in [0.717, 1.165) is 30.0 Å². The zero-order chi connectivity index (χ0) is 14.5. The van der Waals surface area contributed by atoms with Crippen LogP contribution >= 0.6 is 15.9 Å². The van der Waals surface area contributed by atoms with Crippen LogP contribution in [0, 0.1) is 0 Å². The van der Waals surface area contributed by atoms with E-state index in [1.807, 2.05) is 6.07 Å². The molecule has 0 bridgehead atoms. The number of benzene rings is 1. The van der Waals surface area contributed by atoms with Gasteiger partial charge in [0.1, 0.15) is 0 Å². The van der Waals surface area contributed by atoms with Gasteiger partial charge in [-0.2, -0.15) is 0 Å². The van der Waals surface area contributed by atoms with Gasteiger partial charge in [-0.05, 0) is 58.1 Å². The quantitative estimate of drug-likeness (QED) is 0.864. The Hall–Kier alpha value is -0.420. The highest BCUT2D eigenvalue weighted by Gasteiger charge is 2.22. The maximum absolute atomic E-state index is 6.31. The molecule has 112 valence electrons. The molecule has 1 aliphatic rings. The van der Waals surface area contributed by atoms with E-state index >= 15 is 0 Å². The minimum absolute atomic E-state index is 0.106. The van der Waals surface area contributed by atoms with Gasteiger partial charge in [0, 0.05) is 23.1 Å². The Kier molecular flexibility index (Phi) is 6.02. The van der Waals surface area contributed by atoms with E-state index in [2.05, 4.69) is 58.0 Å². The summed E-state index contributed by atoms with van der Waals surface area (Å²) in [5.74, 6) is 0. The first kappa shape index (κ1) is 16.0. The molecule has 1 aliphatic heterocycles. The van der Waals surface area contributed by atoms with Gasteiger partial charge in [0.15, 0.2) is 0 Å². The summed E-state index contributed by atoms with van der Waals surface area (Å²) in [6.07, 6.45) is 3.66. The second kappa shape index (κ2) is 7.55. The topological polar surface area (TPSA) is 32.5 Å². The fourth-order valence-corrected chi connectivity index (χ4v) is 3.53. The van der Waals surface area contributed by atoms with Gasteiger partial charge in [-0.25, -0.2) is 0 Å². The first-order chi connectivity index (χ1) is 9.58. The molecule has 2 N–H and O–H groups in total. The van der Waals surface area contributed by atoms with Crippen LogP contribution in [0.4, 0.5) is 0 Å². The van der Waals surface area contributed by atoms with E-state index < -0.39 is 0 Å². The van der Waals surface area contributed by atoms with Crippen LogP contribution in [0.1, 0.15) is 30.9 Å². The molecule has 0 aliphatic carbocycles. The van der Waals surface area contributed by atoms with Crippen molar-refractivity contribution >= 4 is 15.9 Å². The van der Waals surface area contributed by atoms with Crippen molar-refractivity contribution in [3.05, 3.63) is 34.3 Å². The van der Waals surface area contributed by atoms with Crippen molar-refractivity contribution in [2.45, 2.75) is 31.3 Å². The Labute approximate surface area is 131 Å². The molecule has 4 heteroatoms. The summed E-state index contributed by atoms with van der Waals surface area (Å²) < 4.78 is 1.12. The summed E-state index contributed by atoms with van der Waals surface area (Å²) in [6.45, 7) is 3.45. The lowest BCUT2D eigenvalue weighted by Gasteiger charge is -2.26. The number of likely N-dealkylation sites (tertiary alicyclic amines) is 1. The third-order valence-corrected chi connectivity index (χ3v) is 5.04. The SMILES string of the molecule is CN(CCC(N)c1ccccc1Br)CC1CCCN1C. The summed E-state index contributed by atoms with van der Waals surface area (Å²) in [6, 6.07) is 9.08. The molecule has 20 heavy (non-hydrogen) atoms. The zero-order valence-electron chi connectivity index (χ0n) is 12.6. The van der Waals surface area contributed by atoms with Crippen molar-refractivity contribution in [1.82, 2.24) is 9.80 Å². The third kappa shape index (κ3) is 4.29. The van der Waals surface area contributed by atoms with Gasteiger partial charge >= 0.3 is 0 Å². The molecule has 1 aromatic carbocycles. The number of nitrogens with zero attached hydrogens (tertiary/aromatic N) is 2. The summed E-state index contributed by atoms with van der Waals surface area (Å²) in [5, 5.41) is 0. The van der Waals surface area contributed by atoms with Gasteiger partial charge in [0.25, 0.3) is 0 Å². The van der Waals surface area contributed by atoms with Crippen LogP contribution in [0.15, 0.2) is 28.7 Å². The fraction of sp³-hybridized carbons (Fsp3) is 0.625. The maximum Gasteiger partial charge on any atom is 0.0318 e. The van der Waals surface area contributed by atoms with Gasteiger partial charge in [-0.3, -0.25) is 0 Å². The van der Waals surface area contributed by atoms with Crippen molar-refractivity contribution in [2.75, 3.05) is 33.7 Å². The van der Waals surface area contributed by atoms with Gasteiger partial charge in [-0.15, -0.1) is 0 Å². The first-order valence-electron chi connectivity index (χ1n) is 7.46. The highest BCUT2D eigenvalue weighted by molar-refractivity contribution is 9.10. The van der Waals surface area contributed by atoms with Crippen LogP contribution < -0.4 is 5.73 Å². The summed E-state index contributed by atoms with van der Waals surface area (Å²) >= 11 is 3.58. The molecule has 1 heterocycles. The predicted molar refractivity (Wildman–Crippen MR) is 88.8 cm³/mol. The van der Waals surface area contributed by atoms with Crippen LogP contribution in [0.3, 0.4) is 0 Å². The van der Waals surface area contributed by atoms with E-state index in [1.54, 1.807) is 0 Å². The standard InChI is InChI=1S/C16H26BrN3/c1-19(12-13-6-5-10-20(13)2)11-9-16(18)14-7-3-4-8-15(14)17/h3-4,7-8,13,16H,5-6,9-12,18H2,1-2H3. The van der Waals surface area contributed by atoms with Gasteiger partial charge in [0.05, 0.1) is 0 Å². The Bertz CT molecular complexity index is 424. The van der Waals surface area contributed by atoms with Crippen molar-refractivity contribution in [1.29, 1.82) is 0 Å². The van der Waals surface area contributed by atoms with E-state index in [9.17, 15) is 0 Å². The molecule has 2 atom stereocenters. The average molecular weight is 340 g/mol. The maximum atomic E-state index is 6.31. The van der Waals surface area contributed by atoms with Crippen LogP contribution in [0.25, 0.3) is 0 Å². The number of nitrogens with two attached hydrogens (primary N) is 1. The molecule has 2 rings (SSSR count). The van der Waals surface area contributed by atoms with Crippen LogP contribution in [-0.2, 0) is 0 Å². The normalized spacial score (nSPS) is 21.6. The Morgan fingerprint density at radius 2 is 2.20 bits per heavy atom. The lowest BCUT2D eigenvalue weighted by atomic mass is 10.0. The minimum Gasteiger partial charge on any atom is -0.324 e. The molecule has 0 amide bonds. The molecular weight excluding hydrogens is 314 g/mol. The molecule has 1 saturated heterocycles. The van der Waals surface area contributed by atoms with Crippen LogP contribution in [-0.4, -0.2) is 49.6 Å². The molecule has 1 aromatic rings. The van der Waals surface area contributed by atoms with Crippen molar-refractivity contribution in [3.8, 4) is 0 Å². The third-order valence-electron chi connectivity index (χ3n) is 4.32. The molecule has 0 aromatic heterocycles. The predicted octanol–water partition coefficient (Wildman–Crippen LogP) is 2.87. The number of likely N-dealkylation sites (N-methyl/N-ethyl adjacent to an activating group) is 2. The van der Waals surface area contributed by atoms with E-state index in [0.29, 0.717) is 0 Å². The molecule has 2 unspecified atom stereocenters. The van der Waals surface area contributed by atoms with Gasteiger partial charge in [0.2, 0.25) is 0 Å². The second-order valence-electron chi connectivity index (χ2n) is 5.96. The molecule has 0 radical (unpaired) electrons. The van der Waals surface area contributed by atoms with Crippen molar-refractivity contribution in [2.24, 2.45) is 5.73 Å².